The second-order valence-corrected chi connectivity index (χ2v) is 8.16. The zero-order valence-corrected chi connectivity index (χ0v) is 17.5. The molecule has 2 saturated heterocycles. The quantitative estimate of drug-likeness (QED) is 0.695. The number of nitrogens with zero attached hydrogens (tertiary/aromatic N) is 3. The van der Waals surface area contributed by atoms with Crippen molar-refractivity contribution in [3.8, 4) is 11.3 Å². The summed E-state index contributed by atoms with van der Waals surface area (Å²) < 4.78 is 51.5. The van der Waals surface area contributed by atoms with Crippen LogP contribution in [0.2, 0.25) is 5.02 Å². The first kappa shape index (κ1) is 22.0. The molecule has 3 heterocycles. The van der Waals surface area contributed by atoms with E-state index in [0.717, 1.165) is 6.07 Å². The van der Waals surface area contributed by atoms with Gasteiger partial charge in [-0.05, 0) is 26.0 Å². The van der Waals surface area contributed by atoms with Crippen LogP contribution in [-0.2, 0) is 23.7 Å². The summed E-state index contributed by atoms with van der Waals surface area (Å²) in [6.45, 7) is 3.55. The number of rotatable bonds is 4. The van der Waals surface area contributed by atoms with Gasteiger partial charge in [0.05, 0.1) is 17.8 Å². The molecule has 4 rings (SSSR count). The van der Waals surface area contributed by atoms with Gasteiger partial charge in [0.1, 0.15) is 30.0 Å². The van der Waals surface area contributed by atoms with Crippen LogP contribution in [0, 0.1) is 11.6 Å². The van der Waals surface area contributed by atoms with Crippen molar-refractivity contribution in [2.75, 3.05) is 13.7 Å². The van der Waals surface area contributed by atoms with E-state index < -0.39 is 58.9 Å². The lowest BCUT2D eigenvalue weighted by Crippen LogP contribution is -2.64. The largest absolute Gasteiger partial charge is 0.479 e. The number of hydrogen-bond acceptors (Lipinski definition) is 7. The fraction of sp³-hybridized carbons (Fsp3) is 0.526. The van der Waals surface area contributed by atoms with E-state index in [1.807, 2.05) is 0 Å². The molecule has 0 bridgehead atoms. The molecule has 2 aromatic rings. The third-order valence-corrected chi connectivity index (χ3v) is 5.56. The van der Waals surface area contributed by atoms with E-state index in [1.165, 1.54) is 24.1 Å². The molecule has 1 aromatic carbocycles. The van der Waals surface area contributed by atoms with Gasteiger partial charge in [0, 0.05) is 12.7 Å². The summed E-state index contributed by atoms with van der Waals surface area (Å²) in [5, 5.41) is 17.4. The highest BCUT2D eigenvalue weighted by atomic mass is 35.5. The van der Waals surface area contributed by atoms with E-state index in [1.54, 1.807) is 13.8 Å². The van der Waals surface area contributed by atoms with Crippen LogP contribution in [0.3, 0.4) is 0 Å². The minimum absolute atomic E-state index is 0.106. The Bertz CT molecular complexity index is 980. The Morgan fingerprint density at radius 2 is 2.13 bits per heavy atom. The van der Waals surface area contributed by atoms with Gasteiger partial charge in [0.15, 0.2) is 23.5 Å². The predicted molar refractivity (Wildman–Crippen MR) is 101 cm³/mol. The van der Waals surface area contributed by atoms with Gasteiger partial charge in [-0.25, -0.2) is 18.3 Å². The van der Waals surface area contributed by atoms with Gasteiger partial charge in [0.2, 0.25) is 0 Å². The molecule has 0 amide bonds. The van der Waals surface area contributed by atoms with E-state index in [-0.39, 0.29) is 17.9 Å². The Morgan fingerprint density at radius 3 is 2.77 bits per heavy atom. The van der Waals surface area contributed by atoms with Crippen molar-refractivity contribution in [1.29, 1.82) is 0 Å². The second-order valence-electron chi connectivity index (χ2n) is 7.76. The zero-order chi connectivity index (χ0) is 22.5. The first-order valence-corrected chi connectivity index (χ1v) is 9.78. The van der Waals surface area contributed by atoms with E-state index in [0.29, 0.717) is 0 Å². The number of aliphatic carboxylic acids is 1. The number of benzene rings is 1. The highest BCUT2D eigenvalue weighted by Gasteiger charge is 2.54. The number of carboxylic acids is 1. The molecule has 0 unspecified atom stereocenters. The van der Waals surface area contributed by atoms with Gasteiger partial charge in [-0.1, -0.05) is 16.8 Å². The van der Waals surface area contributed by atoms with Gasteiger partial charge < -0.3 is 24.1 Å². The lowest BCUT2D eigenvalue weighted by atomic mass is 9.91. The van der Waals surface area contributed by atoms with Crippen LogP contribution in [0.5, 0.6) is 0 Å². The van der Waals surface area contributed by atoms with Gasteiger partial charge >= 0.3 is 5.97 Å². The van der Waals surface area contributed by atoms with Crippen molar-refractivity contribution in [3.63, 3.8) is 0 Å². The smallest absolute Gasteiger partial charge is 0.335 e. The normalized spacial score (nSPS) is 30.1. The molecule has 31 heavy (non-hydrogen) atoms. The molecular weight excluding hydrogens is 440 g/mol. The Hall–Kier alpha value is -2.18. The van der Waals surface area contributed by atoms with Crippen molar-refractivity contribution in [2.24, 2.45) is 0 Å². The first-order valence-electron chi connectivity index (χ1n) is 9.41. The maximum absolute atomic E-state index is 13.8. The van der Waals surface area contributed by atoms with Crippen LogP contribution < -0.4 is 0 Å². The lowest BCUT2D eigenvalue weighted by molar-refractivity contribution is -0.347. The summed E-state index contributed by atoms with van der Waals surface area (Å²) in [5.74, 6) is -4.45. The highest BCUT2D eigenvalue weighted by Crippen LogP contribution is 2.39. The summed E-state index contributed by atoms with van der Waals surface area (Å²) in [6.07, 6.45) is -2.19. The summed E-state index contributed by atoms with van der Waals surface area (Å²) >= 11 is 5.74. The topological polar surface area (TPSA) is 105 Å². The number of hydrogen-bond donors (Lipinski definition) is 1. The predicted octanol–water partition coefficient (Wildman–Crippen LogP) is 2.44. The van der Waals surface area contributed by atoms with Gasteiger partial charge in [-0.3, -0.25) is 0 Å². The minimum Gasteiger partial charge on any atom is -0.479 e. The van der Waals surface area contributed by atoms with E-state index in [4.69, 9.17) is 30.5 Å². The average Bonchev–Trinajstić information content (AvgIpc) is 3.19. The molecule has 168 valence electrons. The number of aromatic nitrogens is 3. The molecule has 12 heteroatoms. The van der Waals surface area contributed by atoms with Crippen LogP contribution in [0.25, 0.3) is 11.3 Å². The summed E-state index contributed by atoms with van der Waals surface area (Å²) in [5.41, 5.74) is 0.410. The molecular formula is C19H20ClF2N3O6. The summed E-state index contributed by atoms with van der Waals surface area (Å²) in [7, 11) is 1.36. The molecule has 2 aliphatic rings. The van der Waals surface area contributed by atoms with Crippen LogP contribution in [0.4, 0.5) is 8.78 Å². The van der Waals surface area contributed by atoms with Crippen LogP contribution in [0.1, 0.15) is 19.9 Å². The molecule has 1 N–H and O–H groups in total. The SMILES string of the molecule is CO[C@@H]1[C@@H](n2cc(-c3cc(F)c(F)c(Cl)c3)nn2)[C@H]2OC(C)(C)OC[C@H]2O[C@H]1C(=O)O. The lowest BCUT2D eigenvalue weighted by Gasteiger charge is -2.50. The molecule has 5 atom stereocenters. The van der Waals surface area contributed by atoms with Crippen molar-refractivity contribution in [1.82, 2.24) is 15.0 Å². The fourth-order valence-electron chi connectivity index (χ4n) is 3.87. The molecule has 0 spiro atoms. The van der Waals surface area contributed by atoms with E-state index in [9.17, 15) is 18.7 Å². The number of fused-ring (bicyclic) bond motifs is 1. The molecule has 2 fully saturated rings. The Labute approximate surface area is 180 Å². The van der Waals surface area contributed by atoms with Crippen LogP contribution in [0.15, 0.2) is 18.3 Å². The number of methoxy groups -OCH3 is 1. The maximum Gasteiger partial charge on any atom is 0.335 e. The molecule has 0 saturated carbocycles. The standard InChI is InChI=1S/C19H20ClF2N3O6/c1-19(2)29-7-12-15(31-19)14(16(28-3)17(30-12)18(26)27)25-6-11(23-24-25)8-4-9(20)13(22)10(21)5-8/h4-6,12,14-17H,7H2,1-3H3,(H,26,27)/t12-,14+,15+,16-,17-/m1/s1. The first-order chi connectivity index (χ1) is 14.6. The third kappa shape index (κ3) is 4.03. The van der Waals surface area contributed by atoms with Crippen molar-refractivity contribution >= 4 is 17.6 Å². The Morgan fingerprint density at radius 1 is 1.39 bits per heavy atom. The number of carboxylic acid groups (broad SMARTS) is 1. The van der Waals surface area contributed by atoms with Gasteiger partial charge in [-0.2, -0.15) is 0 Å². The third-order valence-electron chi connectivity index (χ3n) is 5.29. The summed E-state index contributed by atoms with van der Waals surface area (Å²) in [4.78, 5) is 11.8. The molecule has 9 nitrogen and oxygen atoms in total. The molecule has 1 aromatic heterocycles. The highest BCUT2D eigenvalue weighted by molar-refractivity contribution is 6.31. The van der Waals surface area contributed by atoms with Crippen molar-refractivity contribution < 1.29 is 37.6 Å². The monoisotopic (exact) mass is 459 g/mol. The summed E-state index contributed by atoms with van der Waals surface area (Å²) in [6, 6.07) is 1.42. The van der Waals surface area contributed by atoms with E-state index in [2.05, 4.69) is 10.3 Å². The van der Waals surface area contributed by atoms with Gasteiger partial charge in [0.25, 0.3) is 0 Å². The van der Waals surface area contributed by atoms with Crippen molar-refractivity contribution in [3.05, 3.63) is 35.0 Å². The second kappa shape index (κ2) is 8.06. The zero-order valence-electron chi connectivity index (χ0n) is 16.8. The Kier molecular flexibility index (Phi) is 5.73. The average molecular weight is 460 g/mol. The molecule has 0 aliphatic carbocycles. The molecule has 2 aliphatic heterocycles. The Balaban J connectivity index is 1.75. The number of halogens is 3. The fourth-order valence-corrected chi connectivity index (χ4v) is 4.08. The molecule has 0 radical (unpaired) electrons. The van der Waals surface area contributed by atoms with Crippen molar-refractivity contribution in [2.45, 2.75) is 50.1 Å². The number of ether oxygens (including phenoxy) is 4. The number of carbonyl (C=O) groups is 1. The van der Waals surface area contributed by atoms with Crippen LogP contribution in [-0.4, -0.2) is 70.0 Å². The van der Waals surface area contributed by atoms with Crippen LogP contribution >= 0.6 is 11.6 Å². The minimum atomic E-state index is -1.31. The van der Waals surface area contributed by atoms with Gasteiger partial charge in [-0.15, -0.1) is 5.10 Å². The maximum atomic E-state index is 13.8. The van der Waals surface area contributed by atoms with E-state index >= 15 is 0 Å².